The third-order valence-electron chi connectivity index (χ3n) is 7.27. The van der Waals surface area contributed by atoms with Gasteiger partial charge in [0.15, 0.2) is 15.4 Å². The maximum absolute atomic E-state index is 13.7. The zero-order valence-corrected chi connectivity index (χ0v) is 22.9. The SMILES string of the molecule is C[C@@H]1OC(c2ccc(OCCCO)cc2)=N[C@]1(CCS(=O)(=O)c1ccccc1)C(=O)NNC1CCC(O)CC1. The fraction of sp³-hybridized carbons (Fsp3) is 0.500. The molecule has 1 aliphatic carbocycles. The standard InChI is InChI=1S/C28H37N3O7S/c1-20-28(16-19-39(35,36)25-6-3-2-4-7-25,27(34)31-30-22-10-12-23(33)13-11-22)29-26(38-20)21-8-14-24(15-9-21)37-18-5-17-32/h2-4,6-9,14-15,20,22-23,30,32-33H,5,10-13,16-19H2,1H3,(H,31,34)/t20-,22?,23?,28-/m0/s1. The average molecular weight is 560 g/mol. The molecular formula is C28H37N3O7S. The van der Waals surface area contributed by atoms with Crippen LogP contribution in [0.5, 0.6) is 5.75 Å². The number of sulfone groups is 1. The molecule has 1 heterocycles. The summed E-state index contributed by atoms with van der Waals surface area (Å²) in [6.45, 7) is 2.15. The minimum Gasteiger partial charge on any atom is -0.494 e. The number of aliphatic hydroxyl groups excluding tert-OH is 2. The lowest BCUT2D eigenvalue weighted by Gasteiger charge is -2.31. The molecule has 2 aromatic rings. The molecule has 0 aromatic heterocycles. The third kappa shape index (κ3) is 7.16. The highest BCUT2D eigenvalue weighted by molar-refractivity contribution is 7.91. The quantitative estimate of drug-likeness (QED) is 0.229. The number of carbonyl (C=O) groups is 1. The highest BCUT2D eigenvalue weighted by Crippen LogP contribution is 2.33. The van der Waals surface area contributed by atoms with Crippen LogP contribution in [0.3, 0.4) is 0 Å². The molecule has 4 rings (SSSR count). The highest BCUT2D eigenvalue weighted by Gasteiger charge is 2.51. The second-order valence-corrected chi connectivity index (χ2v) is 12.1. The number of hydrazine groups is 1. The molecule has 1 amide bonds. The Morgan fingerprint density at radius 2 is 1.79 bits per heavy atom. The molecule has 0 bridgehead atoms. The summed E-state index contributed by atoms with van der Waals surface area (Å²) >= 11 is 0. The molecule has 212 valence electrons. The number of amides is 1. The van der Waals surface area contributed by atoms with Crippen molar-refractivity contribution in [2.45, 2.75) is 74.1 Å². The monoisotopic (exact) mass is 559 g/mol. The highest BCUT2D eigenvalue weighted by atomic mass is 32.2. The molecule has 4 N–H and O–H groups in total. The molecule has 11 heteroatoms. The fourth-order valence-electron chi connectivity index (χ4n) is 4.78. The van der Waals surface area contributed by atoms with E-state index in [9.17, 15) is 18.3 Å². The minimum absolute atomic E-state index is 0.00177. The molecule has 39 heavy (non-hydrogen) atoms. The maximum atomic E-state index is 13.7. The van der Waals surface area contributed by atoms with E-state index < -0.39 is 27.4 Å². The van der Waals surface area contributed by atoms with Crippen LogP contribution in [-0.2, 0) is 19.4 Å². The van der Waals surface area contributed by atoms with Crippen molar-refractivity contribution < 1.29 is 32.9 Å². The van der Waals surface area contributed by atoms with Crippen LogP contribution in [0.2, 0.25) is 0 Å². The van der Waals surface area contributed by atoms with Crippen molar-refractivity contribution in [3.05, 3.63) is 60.2 Å². The molecule has 1 fully saturated rings. The van der Waals surface area contributed by atoms with Gasteiger partial charge in [0.1, 0.15) is 11.9 Å². The first kappa shape index (κ1) is 29.0. The molecule has 0 unspecified atom stereocenters. The molecular weight excluding hydrogens is 522 g/mol. The summed E-state index contributed by atoms with van der Waals surface area (Å²) in [4.78, 5) is 18.6. The number of benzene rings is 2. The Hall–Kier alpha value is -2.99. The Kier molecular flexibility index (Phi) is 9.60. The average Bonchev–Trinajstić information content (AvgIpc) is 3.29. The molecule has 2 aliphatic rings. The summed E-state index contributed by atoms with van der Waals surface area (Å²) in [5, 5.41) is 18.7. The minimum atomic E-state index is -3.67. The number of aliphatic imine (C=N–C) groups is 1. The number of nitrogens with one attached hydrogen (secondary N) is 2. The van der Waals surface area contributed by atoms with Crippen LogP contribution in [0.15, 0.2) is 64.5 Å². The van der Waals surface area contributed by atoms with E-state index >= 15 is 0 Å². The Labute approximate surface area is 229 Å². The molecule has 1 aliphatic heterocycles. The predicted molar refractivity (Wildman–Crippen MR) is 146 cm³/mol. The van der Waals surface area contributed by atoms with E-state index in [1.54, 1.807) is 49.4 Å². The van der Waals surface area contributed by atoms with Gasteiger partial charge in [0, 0.05) is 24.6 Å². The summed E-state index contributed by atoms with van der Waals surface area (Å²) in [6.07, 6.45) is 2.12. The second-order valence-electron chi connectivity index (χ2n) is 10.0. The van der Waals surface area contributed by atoms with Gasteiger partial charge >= 0.3 is 0 Å². The predicted octanol–water partition coefficient (Wildman–Crippen LogP) is 2.14. The van der Waals surface area contributed by atoms with E-state index in [0.29, 0.717) is 50.0 Å². The van der Waals surface area contributed by atoms with Gasteiger partial charge in [0.05, 0.1) is 23.4 Å². The number of ether oxygens (including phenoxy) is 2. The van der Waals surface area contributed by atoms with E-state index in [2.05, 4.69) is 10.9 Å². The number of carbonyl (C=O) groups excluding carboxylic acids is 1. The van der Waals surface area contributed by atoms with Gasteiger partial charge < -0.3 is 19.7 Å². The first-order valence-electron chi connectivity index (χ1n) is 13.4. The lowest BCUT2D eigenvalue weighted by molar-refractivity contribution is -0.129. The van der Waals surface area contributed by atoms with E-state index in [-0.39, 0.29) is 41.7 Å². The topological polar surface area (TPSA) is 147 Å². The third-order valence-corrected chi connectivity index (χ3v) is 9.00. The van der Waals surface area contributed by atoms with Crippen molar-refractivity contribution in [3.63, 3.8) is 0 Å². The Morgan fingerprint density at radius 1 is 1.10 bits per heavy atom. The van der Waals surface area contributed by atoms with Crippen molar-refractivity contribution in [3.8, 4) is 5.75 Å². The van der Waals surface area contributed by atoms with E-state index in [0.717, 1.165) is 0 Å². The van der Waals surface area contributed by atoms with Gasteiger partial charge in [-0.25, -0.2) is 18.8 Å². The number of nitrogens with zero attached hydrogens (tertiary/aromatic N) is 1. The smallest absolute Gasteiger partial charge is 0.266 e. The zero-order valence-electron chi connectivity index (χ0n) is 22.1. The number of aliphatic hydroxyl groups is 2. The van der Waals surface area contributed by atoms with E-state index in [1.165, 1.54) is 12.1 Å². The van der Waals surface area contributed by atoms with Crippen LogP contribution in [0.25, 0.3) is 0 Å². The Bertz CT molecular complexity index is 1230. The van der Waals surface area contributed by atoms with Crippen LogP contribution in [0.1, 0.15) is 51.0 Å². The zero-order chi connectivity index (χ0) is 27.9. The lowest BCUT2D eigenvalue weighted by Crippen LogP contribution is -2.57. The second kappa shape index (κ2) is 12.9. The maximum Gasteiger partial charge on any atom is 0.266 e. The largest absolute Gasteiger partial charge is 0.494 e. The Balaban J connectivity index is 1.55. The summed E-state index contributed by atoms with van der Waals surface area (Å²) in [6, 6.07) is 15.2. The molecule has 1 saturated carbocycles. The summed E-state index contributed by atoms with van der Waals surface area (Å²) < 4.78 is 37.8. The van der Waals surface area contributed by atoms with Gasteiger partial charge in [-0.2, -0.15) is 0 Å². The van der Waals surface area contributed by atoms with Gasteiger partial charge in [-0.05, 0) is 75.4 Å². The first-order chi connectivity index (χ1) is 18.7. The van der Waals surface area contributed by atoms with Crippen molar-refractivity contribution in [2.75, 3.05) is 19.0 Å². The molecule has 0 spiro atoms. The van der Waals surface area contributed by atoms with Crippen LogP contribution in [-0.4, -0.2) is 73.2 Å². The van der Waals surface area contributed by atoms with Gasteiger partial charge in [-0.1, -0.05) is 18.2 Å². The van der Waals surface area contributed by atoms with Gasteiger partial charge in [0.25, 0.3) is 5.91 Å². The Morgan fingerprint density at radius 3 is 2.46 bits per heavy atom. The van der Waals surface area contributed by atoms with Gasteiger partial charge in [-0.15, -0.1) is 0 Å². The van der Waals surface area contributed by atoms with Crippen LogP contribution >= 0.6 is 0 Å². The molecule has 0 radical (unpaired) electrons. The van der Waals surface area contributed by atoms with E-state index in [4.69, 9.17) is 19.6 Å². The number of rotatable bonds is 12. The van der Waals surface area contributed by atoms with Crippen molar-refractivity contribution >= 4 is 21.6 Å². The van der Waals surface area contributed by atoms with Crippen molar-refractivity contribution in [2.24, 2.45) is 4.99 Å². The van der Waals surface area contributed by atoms with Crippen LogP contribution < -0.4 is 15.6 Å². The molecule has 2 atom stereocenters. The summed E-state index contributed by atoms with van der Waals surface area (Å²) in [5.41, 5.74) is 4.99. The summed E-state index contributed by atoms with van der Waals surface area (Å²) in [5.74, 6) is 0.113. The van der Waals surface area contributed by atoms with Crippen LogP contribution in [0, 0.1) is 0 Å². The molecule has 10 nitrogen and oxygen atoms in total. The van der Waals surface area contributed by atoms with Gasteiger partial charge in [-0.3, -0.25) is 10.2 Å². The summed E-state index contributed by atoms with van der Waals surface area (Å²) in [7, 11) is -3.67. The van der Waals surface area contributed by atoms with Gasteiger partial charge in [0.2, 0.25) is 5.90 Å². The number of hydrogen-bond donors (Lipinski definition) is 4. The van der Waals surface area contributed by atoms with E-state index in [1.807, 2.05) is 0 Å². The normalized spacial score (nSPS) is 25.0. The molecule has 2 aromatic carbocycles. The first-order valence-corrected chi connectivity index (χ1v) is 15.0. The fourth-order valence-corrected chi connectivity index (χ4v) is 6.17. The molecule has 0 saturated heterocycles. The van der Waals surface area contributed by atoms with Crippen molar-refractivity contribution in [1.29, 1.82) is 0 Å². The lowest BCUT2D eigenvalue weighted by atomic mass is 9.90. The number of hydrogen-bond acceptors (Lipinski definition) is 9. The van der Waals surface area contributed by atoms with Crippen LogP contribution in [0.4, 0.5) is 0 Å². The van der Waals surface area contributed by atoms with Crippen molar-refractivity contribution in [1.82, 2.24) is 10.9 Å².